The lowest BCUT2D eigenvalue weighted by Gasteiger charge is -2.42. The van der Waals surface area contributed by atoms with E-state index in [9.17, 15) is 26.3 Å². The minimum Gasteiger partial charge on any atom is -0.369 e. The number of likely N-dealkylation sites (tertiary alicyclic amines) is 1. The van der Waals surface area contributed by atoms with Crippen LogP contribution < -0.4 is 0 Å². The first-order valence-electron chi connectivity index (χ1n) is 11.1. The topological polar surface area (TPSA) is 54.0 Å². The zero-order valence-electron chi connectivity index (χ0n) is 18.8. The second-order valence-electron chi connectivity index (χ2n) is 8.56. The molecule has 0 bridgehead atoms. The minimum atomic E-state index is -4.92. The van der Waals surface area contributed by atoms with Gasteiger partial charge in [0.2, 0.25) is 0 Å². The van der Waals surface area contributed by atoms with Crippen molar-refractivity contribution in [3.63, 3.8) is 0 Å². The molecule has 11 heteroatoms. The number of hydrogen-bond acceptors (Lipinski definition) is 4. The van der Waals surface area contributed by atoms with Crippen LogP contribution in [0.5, 0.6) is 0 Å². The van der Waals surface area contributed by atoms with Gasteiger partial charge in [-0.15, -0.1) is 0 Å². The highest BCUT2D eigenvalue weighted by molar-refractivity contribution is 5.35. The third-order valence-corrected chi connectivity index (χ3v) is 6.10. The molecule has 0 saturated carbocycles. The van der Waals surface area contributed by atoms with Crippen LogP contribution in [0.15, 0.2) is 54.9 Å². The standard InChI is InChI=1S/C24H24F6N4O/c1-15(17-10-18(23(25,26)27)12-19(11-17)24(28,29)30)35-20-8-5-9-34(13-21-31-14-32-33-21)22(20)16-6-3-2-4-7-16/h2-4,6-7,10-12,14-15,20,22H,5,8-9,13H2,1H3,(H,31,32,33)/t15?,20-,22-/m1/s1. The van der Waals surface area contributed by atoms with Crippen molar-refractivity contribution in [2.75, 3.05) is 6.54 Å². The summed E-state index contributed by atoms with van der Waals surface area (Å²) in [6, 6.07) is 10.8. The second kappa shape index (κ2) is 9.98. The Balaban J connectivity index is 1.64. The molecule has 1 N–H and O–H groups in total. The number of H-pyrrole nitrogens is 1. The van der Waals surface area contributed by atoms with Gasteiger partial charge < -0.3 is 4.74 Å². The predicted octanol–water partition coefficient (Wildman–Crippen LogP) is 6.33. The Kier molecular flexibility index (Phi) is 7.18. The Hall–Kier alpha value is -2.92. The van der Waals surface area contributed by atoms with Gasteiger partial charge in [-0.25, -0.2) is 4.98 Å². The van der Waals surface area contributed by atoms with Crippen molar-refractivity contribution in [3.8, 4) is 0 Å². The summed E-state index contributed by atoms with van der Waals surface area (Å²) in [7, 11) is 0. The molecule has 1 saturated heterocycles. The number of aromatic amines is 1. The van der Waals surface area contributed by atoms with Crippen LogP contribution in [0.1, 0.15) is 60.0 Å². The largest absolute Gasteiger partial charge is 0.416 e. The summed E-state index contributed by atoms with van der Waals surface area (Å²) in [5.41, 5.74) is -1.95. The Morgan fingerprint density at radius 1 is 1.03 bits per heavy atom. The van der Waals surface area contributed by atoms with E-state index in [1.54, 1.807) is 0 Å². The van der Waals surface area contributed by atoms with Crippen molar-refractivity contribution in [3.05, 3.63) is 82.9 Å². The molecule has 5 nitrogen and oxygen atoms in total. The van der Waals surface area contributed by atoms with Gasteiger partial charge in [-0.3, -0.25) is 10.00 Å². The van der Waals surface area contributed by atoms with Gasteiger partial charge >= 0.3 is 12.4 Å². The lowest BCUT2D eigenvalue weighted by atomic mass is 9.91. The Labute approximate surface area is 198 Å². The molecule has 2 aromatic carbocycles. The maximum Gasteiger partial charge on any atom is 0.416 e. The molecule has 1 aliphatic heterocycles. The summed E-state index contributed by atoms with van der Waals surface area (Å²) in [6.45, 7) is 2.64. The molecule has 0 aliphatic carbocycles. The highest BCUT2D eigenvalue weighted by Crippen LogP contribution is 2.40. The van der Waals surface area contributed by atoms with E-state index in [1.165, 1.54) is 13.3 Å². The number of alkyl halides is 6. The van der Waals surface area contributed by atoms with Crippen LogP contribution in [0.4, 0.5) is 26.3 Å². The van der Waals surface area contributed by atoms with E-state index in [0.29, 0.717) is 18.8 Å². The number of nitrogens with zero attached hydrogens (tertiary/aromatic N) is 3. The zero-order chi connectivity index (χ0) is 25.2. The number of rotatable bonds is 6. The summed E-state index contributed by atoms with van der Waals surface area (Å²) >= 11 is 0. The first-order valence-corrected chi connectivity index (χ1v) is 11.1. The number of halogens is 6. The van der Waals surface area contributed by atoms with Crippen LogP contribution in [-0.4, -0.2) is 32.7 Å². The van der Waals surface area contributed by atoms with Crippen molar-refractivity contribution < 1.29 is 31.1 Å². The molecule has 3 aromatic rings. The summed E-state index contributed by atoms with van der Waals surface area (Å²) in [4.78, 5) is 6.30. The van der Waals surface area contributed by atoms with Crippen molar-refractivity contribution in [2.45, 2.75) is 56.9 Å². The highest BCUT2D eigenvalue weighted by atomic mass is 19.4. The molecule has 0 radical (unpaired) electrons. The van der Waals surface area contributed by atoms with E-state index >= 15 is 0 Å². The van der Waals surface area contributed by atoms with E-state index in [1.807, 2.05) is 30.3 Å². The number of benzene rings is 2. The normalized spacial score (nSPS) is 20.7. The molecule has 3 atom stereocenters. The van der Waals surface area contributed by atoms with E-state index in [0.717, 1.165) is 30.7 Å². The molecule has 1 aromatic heterocycles. The summed E-state index contributed by atoms with van der Waals surface area (Å²) in [5, 5.41) is 6.69. The molecule has 1 unspecified atom stereocenters. The van der Waals surface area contributed by atoms with E-state index < -0.39 is 35.7 Å². The SMILES string of the molecule is CC(O[C@@H]1CCCN(Cc2ncn[nH]2)[C@@H]1c1ccccc1)c1cc(C(F)(F)F)cc(C(F)(F)F)c1. The Morgan fingerprint density at radius 3 is 2.26 bits per heavy atom. The number of piperidine rings is 1. The monoisotopic (exact) mass is 498 g/mol. The van der Waals surface area contributed by atoms with Crippen LogP contribution >= 0.6 is 0 Å². The molecule has 188 valence electrons. The minimum absolute atomic E-state index is 0.128. The number of aromatic nitrogens is 3. The maximum atomic E-state index is 13.3. The first-order chi connectivity index (χ1) is 16.5. The lowest BCUT2D eigenvalue weighted by molar-refractivity contribution is -0.143. The average Bonchev–Trinajstić information content (AvgIpc) is 3.31. The molecular weight excluding hydrogens is 474 g/mol. The third-order valence-electron chi connectivity index (χ3n) is 6.10. The van der Waals surface area contributed by atoms with E-state index in [4.69, 9.17) is 4.74 Å². The summed E-state index contributed by atoms with van der Waals surface area (Å²) in [6.07, 6.45) is -8.55. The number of hydrogen-bond donors (Lipinski definition) is 1. The van der Waals surface area contributed by atoms with Gasteiger partial charge in [0.15, 0.2) is 0 Å². The summed E-state index contributed by atoms with van der Waals surface area (Å²) < 4.78 is 86.3. The van der Waals surface area contributed by atoms with Crippen molar-refractivity contribution in [1.82, 2.24) is 20.1 Å². The quantitative estimate of drug-likeness (QED) is 0.404. The number of ether oxygens (including phenoxy) is 1. The highest BCUT2D eigenvalue weighted by Gasteiger charge is 2.39. The van der Waals surface area contributed by atoms with Gasteiger partial charge in [0.25, 0.3) is 0 Å². The van der Waals surface area contributed by atoms with Gasteiger partial charge in [-0.2, -0.15) is 31.4 Å². The van der Waals surface area contributed by atoms with Crippen LogP contribution in [-0.2, 0) is 23.6 Å². The van der Waals surface area contributed by atoms with Gasteiger partial charge in [-0.1, -0.05) is 30.3 Å². The molecule has 4 rings (SSSR count). The lowest BCUT2D eigenvalue weighted by Crippen LogP contribution is -2.43. The van der Waals surface area contributed by atoms with Crippen LogP contribution in [0, 0.1) is 0 Å². The van der Waals surface area contributed by atoms with Gasteiger partial charge in [0, 0.05) is 0 Å². The van der Waals surface area contributed by atoms with Gasteiger partial charge in [0.1, 0.15) is 12.2 Å². The third kappa shape index (κ3) is 6.02. The van der Waals surface area contributed by atoms with E-state index in [2.05, 4.69) is 20.1 Å². The van der Waals surface area contributed by atoms with Crippen molar-refractivity contribution in [2.24, 2.45) is 0 Å². The first kappa shape index (κ1) is 25.2. The fraction of sp³-hybridized carbons (Fsp3) is 0.417. The average molecular weight is 498 g/mol. The van der Waals surface area contributed by atoms with E-state index in [-0.39, 0.29) is 17.7 Å². The smallest absolute Gasteiger partial charge is 0.369 e. The van der Waals surface area contributed by atoms with Crippen LogP contribution in [0.2, 0.25) is 0 Å². The molecule has 0 amide bonds. The summed E-state index contributed by atoms with van der Waals surface area (Å²) in [5.74, 6) is 0.646. The fourth-order valence-electron chi connectivity index (χ4n) is 4.48. The molecular formula is C24H24F6N4O. The maximum absolute atomic E-state index is 13.3. The van der Waals surface area contributed by atoms with Crippen LogP contribution in [0.25, 0.3) is 0 Å². The zero-order valence-corrected chi connectivity index (χ0v) is 18.8. The van der Waals surface area contributed by atoms with Crippen LogP contribution in [0.3, 0.4) is 0 Å². The van der Waals surface area contributed by atoms with Gasteiger partial charge in [-0.05, 0) is 55.6 Å². The van der Waals surface area contributed by atoms with Gasteiger partial charge in [0.05, 0.1) is 35.9 Å². The number of nitrogens with one attached hydrogen (secondary N) is 1. The fourth-order valence-corrected chi connectivity index (χ4v) is 4.48. The molecule has 1 fully saturated rings. The molecule has 1 aliphatic rings. The Morgan fingerprint density at radius 2 is 1.69 bits per heavy atom. The second-order valence-corrected chi connectivity index (χ2v) is 8.56. The van der Waals surface area contributed by atoms with Crippen molar-refractivity contribution >= 4 is 0 Å². The Bertz CT molecular complexity index is 1070. The molecule has 35 heavy (non-hydrogen) atoms. The van der Waals surface area contributed by atoms with Crippen molar-refractivity contribution in [1.29, 1.82) is 0 Å². The predicted molar refractivity (Wildman–Crippen MR) is 115 cm³/mol. The molecule has 0 spiro atoms. The molecule has 2 heterocycles.